The van der Waals surface area contributed by atoms with E-state index in [1.807, 2.05) is 6.92 Å². The van der Waals surface area contributed by atoms with Gasteiger partial charge >= 0.3 is 5.91 Å². The van der Waals surface area contributed by atoms with Gasteiger partial charge in [-0.05, 0) is 38.3 Å². The second-order valence-electron chi connectivity index (χ2n) is 5.33. The minimum absolute atomic E-state index is 0.0435. The number of hydrogen-bond acceptors (Lipinski definition) is 4. The summed E-state index contributed by atoms with van der Waals surface area (Å²) in [6.07, 6.45) is 4.18. The Morgan fingerprint density at radius 2 is 2.21 bits per heavy atom. The van der Waals surface area contributed by atoms with E-state index >= 15 is 0 Å². The van der Waals surface area contributed by atoms with E-state index in [9.17, 15) is 9.59 Å². The lowest BCUT2D eigenvalue weighted by molar-refractivity contribution is -0.133. The van der Waals surface area contributed by atoms with Crippen molar-refractivity contribution in [2.45, 2.75) is 38.4 Å². The summed E-state index contributed by atoms with van der Waals surface area (Å²) in [5, 5.41) is 0. The number of hydrogen-bond donors (Lipinski definition) is 2. The van der Waals surface area contributed by atoms with Crippen LogP contribution >= 0.6 is 0 Å². The van der Waals surface area contributed by atoms with Crippen molar-refractivity contribution < 1.29 is 18.7 Å². The maximum atomic E-state index is 12.2. The molecule has 19 heavy (non-hydrogen) atoms. The summed E-state index contributed by atoms with van der Waals surface area (Å²) in [7, 11) is 0. The van der Waals surface area contributed by atoms with Crippen LogP contribution < -0.4 is 10.9 Å². The smallest absolute Gasteiger partial charge is 0.305 e. The van der Waals surface area contributed by atoms with Crippen LogP contribution in [0.25, 0.3) is 0 Å². The van der Waals surface area contributed by atoms with Gasteiger partial charge in [0.2, 0.25) is 5.91 Å². The Bertz CT molecular complexity index is 499. The molecule has 6 heteroatoms. The second kappa shape index (κ2) is 4.38. The lowest BCUT2D eigenvalue weighted by atomic mass is 9.75. The Labute approximate surface area is 110 Å². The zero-order chi connectivity index (χ0) is 13.5. The Kier molecular flexibility index (Phi) is 2.82. The summed E-state index contributed by atoms with van der Waals surface area (Å²) in [6.45, 7) is 1.88. The van der Waals surface area contributed by atoms with Gasteiger partial charge in [-0.1, -0.05) is 0 Å². The second-order valence-corrected chi connectivity index (χ2v) is 5.33. The molecule has 2 fully saturated rings. The Morgan fingerprint density at radius 3 is 2.79 bits per heavy atom. The standard InChI is InChI=1S/C13H16N2O4/c1-13(7-8-4-5-10(13)19-8)12(17)15-14-11(16)9-3-2-6-18-9/h2-3,6,8,10H,4-5,7H2,1H3,(H,14,16)(H,15,17)/t8-,10+,13+/m1/s1. The van der Waals surface area contributed by atoms with Crippen LogP contribution in [-0.2, 0) is 9.53 Å². The number of amides is 2. The molecule has 2 bridgehead atoms. The van der Waals surface area contributed by atoms with Crippen molar-refractivity contribution in [1.82, 2.24) is 10.9 Å². The fourth-order valence-electron chi connectivity index (χ4n) is 2.89. The average Bonchev–Trinajstić information content (AvgIpc) is 3.10. The van der Waals surface area contributed by atoms with Crippen molar-refractivity contribution in [3.8, 4) is 0 Å². The molecule has 3 atom stereocenters. The molecule has 2 saturated heterocycles. The predicted octanol–water partition coefficient (Wildman–Crippen LogP) is 0.998. The molecule has 0 spiro atoms. The van der Waals surface area contributed by atoms with Gasteiger partial charge < -0.3 is 9.15 Å². The average molecular weight is 264 g/mol. The van der Waals surface area contributed by atoms with Crippen LogP contribution in [0.1, 0.15) is 36.7 Å². The molecule has 0 aromatic carbocycles. The fourth-order valence-corrected chi connectivity index (χ4v) is 2.89. The number of fused-ring (bicyclic) bond motifs is 2. The monoisotopic (exact) mass is 264 g/mol. The van der Waals surface area contributed by atoms with Crippen LogP contribution in [-0.4, -0.2) is 24.0 Å². The molecule has 2 aliphatic heterocycles. The van der Waals surface area contributed by atoms with Crippen molar-refractivity contribution in [2.75, 3.05) is 0 Å². The van der Waals surface area contributed by atoms with E-state index in [4.69, 9.17) is 9.15 Å². The molecular weight excluding hydrogens is 248 g/mol. The molecule has 1 aromatic rings. The number of ether oxygens (including phenoxy) is 1. The summed E-state index contributed by atoms with van der Waals surface area (Å²) in [5.41, 5.74) is 4.26. The van der Waals surface area contributed by atoms with Gasteiger partial charge in [0.1, 0.15) is 0 Å². The molecule has 0 saturated carbocycles. The first-order valence-corrected chi connectivity index (χ1v) is 6.39. The molecule has 3 heterocycles. The van der Waals surface area contributed by atoms with E-state index in [2.05, 4.69) is 10.9 Å². The minimum atomic E-state index is -0.556. The molecule has 0 unspecified atom stereocenters. The predicted molar refractivity (Wildman–Crippen MR) is 64.9 cm³/mol. The number of carbonyl (C=O) groups is 2. The van der Waals surface area contributed by atoms with Crippen LogP contribution in [0.4, 0.5) is 0 Å². The maximum absolute atomic E-state index is 12.2. The summed E-state index contributed by atoms with van der Waals surface area (Å²) in [4.78, 5) is 23.8. The van der Waals surface area contributed by atoms with Crippen LogP contribution in [0.2, 0.25) is 0 Å². The Morgan fingerprint density at radius 1 is 1.37 bits per heavy atom. The summed E-state index contributed by atoms with van der Waals surface area (Å²) in [6, 6.07) is 3.14. The third kappa shape index (κ3) is 2.02. The van der Waals surface area contributed by atoms with Gasteiger partial charge in [-0.3, -0.25) is 20.4 Å². The zero-order valence-corrected chi connectivity index (χ0v) is 10.6. The molecule has 1 aromatic heterocycles. The summed E-state index contributed by atoms with van der Waals surface area (Å²) in [5.74, 6) is -0.514. The number of nitrogens with one attached hydrogen (secondary N) is 2. The number of rotatable bonds is 2. The summed E-state index contributed by atoms with van der Waals surface area (Å²) < 4.78 is 10.6. The van der Waals surface area contributed by atoms with Crippen molar-refractivity contribution in [3.63, 3.8) is 0 Å². The Balaban J connectivity index is 1.59. The molecule has 102 valence electrons. The van der Waals surface area contributed by atoms with Crippen LogP contribution in [0, 0.1) is 5.41 Å². The van der Waals surface area contributed by atoms with Gasteiger partial charge in [0, 0.05) is 0 Å². The quantitative estimate of drug-likeness (QED) is 0.781. The van der Waals surface area contributed by atoms with Crippen LogP contribution in [0.5, 0.6) is 0 Å². The Hall–Kier alpha value is -1.82. The van der Waals surface area contributed by atoms with Crippen molar-refractivity contribution in [1.29, 1.82) is 0 Å². The van der Waals surface area contributed by atoms with Gasteiger partial charge in [-0.2, -0.15) is 0 Å². The van der Waals surface area contributed by atoms with Crippen molar-refractivity contribution >= 4 is 11.8 Å². The third-order valence-electron chi connectivity index (χ3n) is 4.02. The summed E-state index contributed by atoms with van der Waals surface area (Å²) >= 11 is 0. The van der Waals surface area contributed by atoms with E-state index in [0.717, 1.165) is 12.8 Å². The van der Waals surface area contributed by atoms with Crippen LogP contribution in [0.3, 0.4) is 0 Å². The molecule has 6 nitrogen and oxygen atoms in total. The lowest BCUT2D eigenvalue weighted by Crippen LogP contribution is -2.51. The molecule has 2 aliphatic rings. The van der Waals surface area contributed by atoms with Gasteiger partial charge in [0.25, 0.3) is 0 Å². The van der Waals surface area contributed by atoms with Crippen LogP contribution in [0.15, 0.2) is 22.8 Å². The van der Waals surface area contributed by atoms with E-state index in [1.165, 1.54) is 12.3 Å². The molecule has 0 aliphatic carbocycles. The first-order valence-electron chi connectivity index (χ1n) is 6.39. The molecule has 2 N–H and O–H groups in total. The first-order chi connectivity index (χ1) is 9.09. The number of furan rings is 1. The topological polar surface area (TPSA) is 80.6 Å². The number of hydrazine groups is 1. The molecule has 3 rings (SSSR count). The van der Waals surface area contributed by atoms with Crippen molar-refractivity contribution in [3.05, 3.63) is 24.2 Å². The van der Waals surface area contributed by atoms with E-state index in [0.29, 0.717) is 6.42 Å². The SMILES string of the molecule is C[C@]1(C(=O)NNC(=O)c2ccco2)C[C@H]2CC[C@@H]1O2. The maximum Gasteiger partial charge on any atom is 0.305 e. The fraction of sp³-hybridized carbons (Fsp3) is 0.538. The lowest BCUT2D eigenvalue weighted by Gasteiger charge is -2.29. The molecule has 0 radical (unpaired) electrons. The van der Waals surface area contributed by atoms with E-state index in [-0.39, 0.29) is 23.9 Å². The molecular formula is C13H16N2O4. The number of carbonyl (C=O) groups excluding carboxylic acids is 2. The van der Waals surface area contributed by atoms with Crippen molar-refractivity contribution in [2.24, 2.45) is 5.41 Å². The first kappa shape index (κ1) is 12.2. The normalized spacial score (nSPS) is 32.3. The molecule has 2 amide bonds. The highest BCUT2D eigenvalue weighted by Gasteiger charge is 2.53. The van der Waals surface area contributed by atoms with Gasteiger partial charge in [-0.15, -0.1) is 0 Å². The minimum Gasteiger partial charge on any atom is -0.459 e. The third-order valence-corrected chi connectivity index (χ3v) is 4.02. The highest BCUT2D eigenvalue weighted by molar-refractivity contribution is 5.93. The van der Waals surface area contributed by atoms with Gasteiger partial charge in [-0.25, -0.2) is 0 Å². The zero-order valence-electron chi connectivity index (χ0n) is 10.6. The largest absolute Gasteiger partial charge is 0.459 e. The van der Waals surface area contributed by atoms with E-state index < -0.39 is 11.3 Å². The highest BCUT2D eigenvalue weighted by Crippen LogP contribution is 2.47. The highest BCUT2D eigenvalue weighted by atomic mass is 16.5. The van der Waals surface area contributed by atoms with Gasteiger partial charge in [0.15, 0.2) is 5.76 Å². The van der Waals surface area contributed by atoms with Gasteiger partial charge in [0.05, 0.1) is 23.9 Å². The van der Waals surface area contributed by atoms with E-state index in [1.54, 1.807) is 6.07 Å².